The number of carbonyl (C=O) groups is 1. The average molecular weight is 313 g/mol. The maximum Gasteiger partial charge on any atom is 0.244 e. The van der Waals surface area contributed by atoms with E-state index < -0.39 is 0 Å². The molecule has 1 heterocycles. The molecule has 0 saturated carbocycles. The number of hydrogen-bond donors (Lipinski definition) is 1. The maximum atomic E-state index is 12.5. The molecule has 0 aromatic heterocycles. The molecule has 1 aliphatic rings. The van der Waals surface area contributed by atoms with E-state index in [0.29, 0.717) is 31.3 Å². The first-order valence-corrected chi connectivity index (χ1v) is 7.47. The smallest absolute Gasteiger partial charge is 0.244 e. The number of ether oxygens (including phenoxy) is 1. The summed E-state index contributed by atoms with van der Waals surface area (Å²) in [6, 6.07) is 7.26. The summed E-state index contributed by atoms with van der Waals surface area (Å²) in [4.78, 5) is 16.3. The number of rotatable bonds is 7. The summed E-state index contributed by atoms with van der Waals surface area (Å²) >= 11 is 6.16. The van der Waals surface area contributed by atoms with Crippen molar-refractivity contribution in [1.29, 1.82) is 0 Å². The van der Waals surface area contributed by atoms with Crippen LogP contribution in [-0.2, 0) is 9.53 Å². The van der Waals surface area contributed by atoms with Gasteiger partial charge in [0.05, 0.1) is 36.6 Å². The highest BCUT2D eigenvalue weighted by molar-refractivity contribution is 6.33. The Kier molecular flexibility index (Phi) is 5.99. The molecule has 0 spiro atoms. The number of benzene rings is 1. The lowest BCUT2D eigenvalue weighted by atomic mass is 10.2. The van der Waals surface area contributed by atoms with Gasteiger partial charge in [-0.15, -0.1) is 0 Å². The molecule has 2 rings (SSSR count). The quantitative estimate of drug-likeness (QED) is 0.773. The van der Waals surface area contributed by atoms with Crippen LogP contribution in [0.5, 0.6) is 0 Å². The molecule has 1 aromatic carbocycles. The lowest BCUT2D eigenvalue weighted by Gasteiger charge is -2.24. The number of para-hydroxylation sites is 1. The molecule has 1 fully saturated rings. The number of anilines is 1. The minimum absolute atomic E-state index is 0.0202. The number of aliphatic hydroxyl groups excluding tert-OH is 1. The molecule has 0 aliphatic carbocycles. The van der Waals surface area contributed by atoms with Gasteiger partial charge in [-0.1, -0.05) is 23.7 Å². The first-order chi connectivity index (χ1) is 10.1. The van der Waals surface area contributed by atoms with Gasteiger partial charge in [0.2, 0.25) is 5.91 Å². The second kappa shape index (κ2) is 7.75. The molecule has 6 heteroatoms. The number of carbonyl (C=O) groups excluding carboxylic acids is 1. The van der Waals surface area contributed by atoms with E-state index >= 15 is 0 Å². The number of hydrogen-bond acceptors (Lipinski definition) is 4. The standard InChI is InChI=1S/C15H21ClN2O3/c1-17(8-10-21-11-9-19)14-6-7-18(15(14)20)13-5-3-2-4-12(13)16/h2-5,14,19H,6-11H2,1H3. The Labute approximate surface area is 130 Å². The van der Waals surface area contributed by atoms with E-state index in [1.165, 1.54) is 0 Å². The van der Waals surface area contributed by atoms with Gasteiger partial charge in [0.1, 0.15) is 0 Å². The Balaban J connectivity index is 1.93. The Bertz CT molecular complexity index is 484. The molecule has 1 saturated heterocycles. The Hall–Kier alpha value is -1.14. The zero-order chi connectivity index (χ0) is 15.2. The third-order valence-electron chi connectivity index (χ3n) is 3.68. The van der Waals surface area contributed by atoms with Gasteiger partial charge in [0, 0.05) is 13.1 Å². The van der Waals surface area contributed by atoms with Crippen LogP contribution in [0.4, 0.5) is 5.69 Å². The summed E-state index contributed by atoms with van der Waals surface area (Å²) in [7, 11) is 1.92. The molecule has 5 nitrogen and oxygen atoms in total. The molecular formula is C15H21ClN2O3. The summed E-state index contributed by atoms with van der Waals surface area (Å²) in [6.07, 6.45) is 0.778. The van der Waals surface area contributed by atoms with E-state index in [9.17, 15) is 4.79 Å². The Morgan fingerprint density at radius 1 is 1.43 bits per heavy atom. The van der Waals surface area contributed by atoms with Crippen LogP contribution in [0.3, 0.4) is 0 Å². The van der Waals surface area contributed by atoms with Gasteiger partial charge in [0.15, 0.2) is 0 Å². The molecule has 21 heavy (non-hydrogen) atoms. The van der Waals surface area contributed by atoms with Crippen molar-refractivity contribution in [2.45, 2.75) is 12.5 Å². The van der Waals surface area contributed by atoms with Crippen molar-refractivity contribution in [3.05, 3.63) is 29.3 Å². The second-order valence-electron chi connectivity index (χ2n) is 5.06. The molecule has 1 aliphatic heterocycles. The molecular weight excluding hydrogens is 292 g/mol. The molecule has 1 N–H and O–H groups in total. The normalized spacial score (nSPS) is 18.8. The van der Waals surface area contributed by atoms with Crippen LogP contribution in [0.15, 0.2) is 24.3 Å². The van der Waals surface area contributed by atoms with E-state index in [1.54, 1.807) is 11.0 Å². The predicted octanol–water partition coefficient (Wildman–Crippen LogP) is 1.39. The Morgan fingerprint density at radius 3 is 2.90 bits per heavy atom. The lowest BCUT2D eigenvalue weighted by molar-refractivity contribution is -0.121. The van der Waals surface area contributed by atoms with Gasteiger partial charge in [-0.2, -0.15) is 0 Å². The Morgan fingerprint density at radius 2 is 2.19 bits per heavy atom. The van der Waals surface area contributed by atoms with Crippen molar-refractivity contribution in [1.82, 2.24) is 4.90 Å². The fourth-order valence-electron chi connectivity index (χ4n) is 2.51. The molecule has 116 valence electrons. The molecule has 1 aromatic rings. The van der Waals surface area contributed by atoms with Crippen LogP contribution < -0.4 is 4.90 Å². The first-order valence-electron chi connectivity index (χ1n) is 7.10. The number of halogens is 1. The van der Waals surface area contributed by atoms with Gasteiger partial charge in [-0.3, -0.25) is 9.69 Å². The maximum absolute atomic E-state index is 12.5. The minimum atomic E-state index is -0.140. The summed E-state index contributed by atoms with van der Waals surface area (Å²) in [5.74, 6) is 0.0766. The largest absolute Gasteiger partial charge is 0.394 e. The molecule has 1 amide bonds. The highest BCUT2D eigenvalue weighted by atomic mass is 35.5. The SMILES string of the molecule is CN(CCOCCO)C1CCN(c2ccccc2Cl)C1=O. The van der Waals surface area contributed by atoms with Crippen molar-refractivity contribution in [3.8, 4) is 0 Å². The molecule has 1 atom stereocenters. The van der Waals surface area contributed by atoms with Gasteiger partial charge in [0.25, 0.3) is 0 Å². The number of likely N-dealkylation sites (N-methyl/N-ethyl adjacent to an activating group) is 1. The fraction of sp³-hybridized carbons (Fsp3) is 0.533. The zero-order valence-electron chi connectivity index (χ0n) is 12.2. The number of nitrogens with zero attached hydrogens (tertiary/aromatic N) is 2. The summed E-state index contributed by atoms with van der Waals surface area (Å²) in [5, 5.41) is 9.26. The topological polar surface area (TPSA) is 53.0 Å². The third-order valence-corrected chi connectivity index (χ3v) is 4.00. The van der Waals surface area contributed by atoms with E-state index in [-0.39, 0.29) is 18.6 Å². The van der Waals surface area contributed by atoms with Crippen LogP contribution in [0, 0.1) is 0 Å². The van der Waals surface area contributed by atoms with Crippen LogP contribution in [0.2, 0.25) is 5.02 Å². The van der Waals surface area contributed by atoms with Crippen molar-refractivity contribution >= 4 is 23.2 Å². The van der Waals surface area contributed by atoms with E-state index in [1.807, 2.05) is 30.1 Å². The molecule has 0 bridgehead atoms. The van der Waals surface area contributed by atoms with Crippen LogP contribution in [-0.4, -0.2) is 61.9 Å². The zero-order valence-corrected chi connectivity index (χ0v) is 12.9. The van der Waals surface area contributed by atoms with Gasteiger partial charge in [-0.25, -0.2) is 0 Å². The second-order valence-corrected chi connectivity index (χ2v) is 5.47. The van der Waals surface area contributed by atoms with Crippen molar-refractivity contribution in [3.63, 3.8) is 0 Å². The molecule has 1 unspecified atom stereocenters. The van der Waals surface area contributed by atoms with Gasteiger partial charge >= 0.3 is 0 Å². The third kappa shape index (κ3) is 3.95. The van der Waals surface area contributed by atoms with Crippen molar-refractivity contribution < 1.29 is 14.6 Å². The number of amides is 1. The highest BCUT2D eigenvalue weighted by Crippen LogP contribution is 2.30. The highest BCUT2D eigenvalue weighted by Gasteiger charge is 2.35. The van der Waals surface area contributed by atoms with E-state index in [2.05, 4.69) is 0 Å². The number of aliphatic hydroxyl groups is 1. The average Bonchev–Trinajstić information content (AvgIpc) is 2.86. The van der Waals surface area contributed by atoms with E-state index in [4.69, 9.17) is 21.4 Å². The van der Waals surface area contributed by atoms with Crippen molar-refractivity contribution in [2.75, 3.05) is 44.9 Å². The van der Waals surface area contributed by atoms with Crippen LogP contribution in [0.1, 0.15) is 6.42 Å². The van der Waals surface area contributed by atoms with E-state index in [0.717, 1.165) is 12.1 Å². The van der Waals surface area contributed by atoms with Crippen LogP contribution in [0.25, 0.3) is 0 Å². The van der Waals surface area contributed by atoms with Gasteiger partial charge < -0.3 is 14.7 Å². The lowest BCUT2D eigenvalue weighted by Crippen LogP contribution is -2.41. The summed E-state index contributed by atoms with van der Waals surface area (Å²) in [5.41, 5.74) is 0.775. The summed E-state index contributed by atoms with van der Waals surface area (Å²) in [6.45, 7) is 2.19. The fourth-order valence-corrected chi connectivity index (χ4v) is 2.75. The summed E-state index contributed by atoms with van der Waals surface area (Å²) < 4.78 is 5.24. The van der Waals surface area contributed by atoms with Crippen molar-refractivity contribution in [2.24, 2.45) is 0 Å². The van der Waals surface area contributed by atoms with Crippen LogP contribution >= 0.6 is 11.6 Å². The monoisotopic (exact) mass is 312 g/mol. The predicted molar refractivity (Wildman–Crippen MR) is 82.7 cm³/mol. The first kappa shape index (κ1) is 16.2. The van der Waals surface area contributed by atoms with Gasteiger partial charge in [-0.05, 0) is 25.6 Å². The minimum Gasteiger partial charge on any atom is -0.394 e. The molecule has 0 radical (unpaired) electrons.